The van der Waals surface area contributed by atoms with Crippen molar-refractivity contribution in [3.63, 3.8) is 0 Å². The van der Waals surface area contributed by atoms with Gasteiger partial charge < -0.3 is 14.5 Å². The number of nitrogens with zero attached hydrogens (tertiary/aromatic N) is 2. The third-order valence-electron chi connectivity index (χ3n) is 3.11. The minimum absolute atomic E-state index is 0.138. The van der Waals surface area contributed by atoms with Gasteiger partial charge in [-0.15, -0.1) is 0 Å². The first-order valence-corrected chi connectivity index (χ1v) is 6.77. The highest BCUT2D eigenvalue weighted by Gasteiger charge is 2.30. The van der Waals surface area contributed by atoms with Crippen LogP contribution in [0.15, 0.2) is 34.9 Å². The van der Waals surface area contributed by atoms with Crippen LogP contribution in [0.25, 0.3) is 0 Å². The number of halogens is 3. The number of rotatable bonds is 5. The summed E-state index contributed by atoms with van der Waals surface area (Å²) < 4.78 is 42.4. The molecular weight excluding hydrogens is 329 g/mol. The topological polar surface area (TPSA) is 83.6 Å². The van der Waals surface area contributed by atoms with Crippen molar-refractivity contribution in [3.8, 4) is 0 Å². The molecule has 128 valence electrons. The quantitative estimate of drug-likeness (QED) is 0.903. The van der Waals surface area contributed by atoms with Gasteiger partial charge in [0.05, 0.1) is 11.3 Å². The van der Waals surface area contributed by atoms with Crippen LogP contribution in [0.4, 0.5) is 13.2 Å². The van der Waals surface area contributed by atoms with Gasteiger partial charge in [-0.1, -0.05) is 17.3 Å². The van der Waals surface area contributed by atoms with Crippen LogP contribution in [0.5, 0.6) is 0 Å². The molecule has 0 aliphatic rings. The Balaban J connectivity index is 2.19. The summed E-state index contributed by atoms with van der Waals surface area (Å²) in [5.41, 5.74) is -0.0230. The molecule has 6 nitrogen and oxygen atoms in total. The number of aliphatic carboxylic acids is 1. The summed E-state index contributed by atoms with van der Waals surface area (Å²) in [6.45, 7) is 0.792. The Morgan fingerprint density at radius 1 is 1.25 bits per heavy atom. The van der Waals surface area contributed by atoms with Crippen molar-refractivity contribution in [3.05, 3.63) is 52.9 Å². The van der Waals surface area contributed by atoms with Crippen molar-refractivity contribution in [1.29, 1.82) is 0 Å². The number of carboxylic acids is 1. The van der Waals surface area contributed by atoms with E-state index >= 15 is 0 Å². The number of hydrogen-bond acceptors (Lipinski definition) is 4. The fourth-order valence-corrected chi connectivity index (χ4v) is 2.00. The molecule has 0 atom stereocenters. The zero-order valence-corrected chi connectivity index (χ0v) is 12.5. The van der Waals surface area contributed by atoms with Crippen LogP contribution in [-0.2, 0) is 17.5 Å². The number of carboxylic acid groups (broad SMARTS) is 1. The van der Waals surface area contributed by atoms with Gasteiger partial charge in [0.2, 0.25) is 5.76 Å². The number of alkyl halides is 3. The number of aryl methyl sites for hydroxylation is 1. The van der Waals surface area contributed by atoms with Crippen LogP contribution >= 0.6 is 0 Å². The van der Waals surface area contributed by atoms with Crippen LogP contribution in [0.1, 0.15) is 27.4 Å². The maximum absolute atomic E-state index is 12.5. The van der Waals surface area contributed by atoms with Crippen LogP contribution in [0.3, 0.4) is 0 Å². The maximum atomic E-state index is 12.5. The highest BCUT2D eigenvalue weighted by Crippen LogP contribution is 2.29. The molecule has 1 amide bonds. The van der Waals surface area contributed by atoms with Crippen molar-refractivity contribution in [2.24, 2.45) is 0 Å². The van der Waals surface area contributed by atoms with Gasteiger partial charge in [0.1, 0.15) is 6.54 Å². The monoisotopic (exact) mass is 342 g/mol. The zero-order chi connectivity index (χ0) is 17.9. The summed E-state index contributed by atoms with van der Waals surface area (Å²) in [4.78, 5) is 24.2. The van der Waals surface area contributed by atoms with Gasteiger partial charge >= 0.3 is 12.1 Å². The normalized spacial score (nSPS) is 11.3. The smallest absolute Gasteiger partial charge is 0.416 e. The standard InChI is InChI=1S/C15H13F3N2O4/c1-9-6-12(24-19-9)14(23)20(8-13(21)22)7-10-2-4-11(5-3-10)15(16,17)18/h2-6H,7-8H2,1H3,(H,21,22). The van der Waals surface area contributed by atoms with Crippen molar-refractivity contribution in [2.75, 3.05) is 6.54 Å². The minimum Gasteiger partial charge on any atom is -0.480 e. The number of carbonyl (C=O) groups is 2. The Morgan fingerprint density at radius 3 is 2.33 bits per heavy atom. The Labute approximate surface area is 134 Å². The fraction of sp³-hybridized carbons (Fsp3) is 0.267. The van der Waals surface area contributed by atoms with E-state index in [1.165, 1.54) is 18.2 Å². The predicted molar refractivity (Wildman–Crippen MR) is 75.1 cm³/mol. The van der Waals surface area contributed by atoms with E-state index in [0.29, 0.717) is 11.3 Å². The second-order valence-corrected chi connectivity index (χ2v) is 5.08. The second-order valence-electron chi connectivity index (χ2n) is 5.08. The Morgan fingerprint density at radius 2 is 1.88 bits per heavy atom. The molecule has 0 unspecified atom stereocenters. The van der Waals surface area contributed by atoms with E-state index in [-0.39, 0.29) is 12.3 Å². The second kappa shape index (κ2) is 6.73. The molecule has 0 aliphatic carbocycles. The fourth-order valence-electron chi connectivity index (χ4n) is 2.00. The number of carbonyl (C=O) groups excluding carboxylic acids is 1. The summed E-state index contributed by atoms with van der Waals surface area (Å²) in [7, 11) is 0. The minimum atomic E-state index is -4.47. The highest BCUT2D eigenvalue weighted by molar-refractivity contribution is 5.93. The van der Waals surface area contributed by atoms with Crippen molar-refractivity contribution < 1.29 is 32.4 Å². The van der Waals surface area contributed by atoms with Crippen LogP contribution < -0.4 is 0 Å². The SMILES string of the molecule is Cc1cc(C(=O)N(CC(=O)O)Cc2ccc(C(F)(F)F)cc2)on1. The van der Waals surface area contributed by atoms with E-state index < -0.39 is 30.2 Å². The maximum Gasteiger partial charge on any atom is 0.416 e. The first-order valence-electron chi connectivity index (χ1n) is 6.77. The molecule has 0 fully saturated rings. The molecule has 24 heavy (non-hydrogen) atoms. The molecule has 2 aromatic rings. The molecule has 0 saturated carbocycles. The zero-order valence-electron chi connectivity index (χ0n) is 12.5. The summed E-state index contributed by atoms with van der Waals surface area (Å²) in [6.07, 6.45) is -4.47. The molecule has 0 bridgehead atoms. The Kier molecular flexibility index (Phi) is 4.91. The molecule has 1 aromatic heterocycles. The van der Waals surface area contributed by atoms with Gasteiger partial charge in [0, 0.05) is 12.6 Å². The average molecular weight is 342 g/mol. The van der Waals surface area contributed by atoms with Gasteiger partial charge in [0.25, 0.3) is 5.91 Å². The van der Waals surface area contributed by atoms with Crippen molar-refractivity contribution in [2.45, 2.75) is 19.6 Å². The number of hydrogen-bond donors (Lipinski definition) is 1. The molecule has 1 aromatic carbocycles. The largest absolute Gasteiger partial charge is 0.480 e. The Bertz CT molecular complexity index is 738. The Hall–Kier alpha value is -2.84. The number of benzene rings is 1. The summed E-state index contributed by atoms with van der Waals surface area (Å²) in [5.74, 6) is -2.11. The molecule has 0 radical (unpaired) electrons. The summed E-state index contributed by atoms with van der Waals surface area (Å²) in [6, 6.07) is 5.48. The lowest BCUT2D eigenvalue weighted by molar-refractivity contribution is -0.138. The molecule has 0 spiro atoms. The van der Waals surface area contributed by atoms with Crippen LogP contribution in [0.2, 0.25) is 0 Å². The van der Waals surface area contributed by atoms with Crippen molar-refractivity contribution in [1.82, 2.24) is 10.1 Å². The molecule has 2 rings (SSSR count). The molecule has 0 saturated heterocycles. The van der Waals surface area contributed by atoms with Crippen molar-refractivity contribution >= 4 is 11.9 Å². The first-order chi connectivity index (χ1) is 11.2. The molecule has 1 N–H and O–H groups in total. The first kappa shape index (κ1) is 17.5. The average Bonchev–Trinajstić information content (AvgIpc) is 2.91. The van der Waals surface area contributed by atoms with Gasteiger partial charge in [-0.25, -0.2) is 0 Å². The van der Waals surface area contributed by atoms with Gasteiger partial charge in [-0.3, -0.25) is 9.59 Å². The van der Waals surface area contributed by atoms with E-state index in [9.17, 15) is 22.8 Å². The van der Waals surface area contributed by atoms with Gasteiger partial charge in [0.15, 0.2) is 0 Å². The van der Waals surface area contributed by atoms with Crippen LogP contribution in [0, 0.1) is 6.92 Å². The molecule has 9 heteroatoms. The highest BCUT2D eigenvalue weighted by atomic mass is 19.4. The van der Waals surface area contributed by atoms with E-state index in [1.54, 1.807) is 6.92 Å². The lowest BCUT2D eigenvalue weighted by Crippen LogP contribution is -2.35. The van der Waals surface area contributed by atoms with Crippen LogP contribution in [-0.4, -0.2) is 33.6 Å². The van der Waals surface area contributed by atoms with E-state index in [4.69, 9.17) is 9.63 Å². The lowest BCUT2D eigenvalue weighted by atomic mass is 10.1. The van der Waals surface area contributed by atoms with Gasteiger partial charge in [-0.05, 0) is 24.6 Å². The van der Waals surface area contributed by atoms with Gasteiger partial charge in [-0.2, -0.15) is 13.2 Å². The predicted octanol–water partition coefficient (Wildman–Crippen LogP) is 2.73. The summed E-state index contributed by atoms with van der Waals surface area (Å²) >= 11 is 0. The summed E-state index contributed by atoms with van der Waals surface area (Å²) in [5, 5.41) is 12.5. The molecular formula is C15H13F3N2O4. The third kappa shape index (κ3) is 4.34. The van der Waals surface area contributed by atoms with E-state index in [2.05, 4.69) is 5.16 Å². The number of amides is 1. The van der Waals surface area contributed by atoms with E-state index in [1.807, 2.05) is 0 Å². The number of aromatic nitrogens is 1. The third-order valence-corrected chi connectivity index (χ3v) is 3.11. The molecule has 1 heterocycles. The van der Waals surface area contributed by atoms with E-state index in [0.717, 1.165) is 17.0 Å². The lowest BCUT2D eigenvalue weighted by Gasteiger charge is -2.19. The molecule has 0 aliphatic heterocycles.